The monoisotopic (exact) mass is 334 g/mol. The number of fused-ring (bicyclic) bond motifs is 1. The second kappa shape index (κ2) is 6.72. The van der Waals surface area contributed by atoms with Gasteiger partial charge < -0.3 is 10.6 Å². The molecule has 1 atom stereocenters. The Labute approximate surface area is 144 Å². The Bertz CT molecular complexity index is 859. The first-order valence-corrected chi connectivity index (χ1v) is 8.27. The molecule has 3 aromatic rings. The van der Waals surface area contributed by atoms with Gasteiger partial charge in [0.1, 0.15) is 0 Å². The molecule has 0 radical (unpaired) electrons. The SMILES string of the molecule is O=C(NC1CCCc2cn[nH]c21)c1ccc(Nc2ncccn2)cc1. The van der Waals surface area contributed by atoms with Crippen molar-refractivity contribution in [3.63, 3.8) is 0 Å². The number of carbonyl (C=O) groups is 1. The second-order valence-electron chi connectivity index (χ2n) is 6.00. The third kappa shape index (κ3) is 3.35. The number of nitrogens with zero attached hydrogens (tertiary/aromatic N) is 3. The standard InChI is InChI=1S/C18H18N6O/c25-17(23-15-4-1-3-13-11-21-24-16(13)15)12-5-7-14(8-6-12)22-18-19-9-2-10-20-18/h2,5-11,15H,1,3-4H2,(H,21,24)(H,23,25)(H,19,20,22). The van der Waals surface area contributed by atoms with E-state index in [2.05, 4.69) is 30.8 Å². The van der Waals surface area contributed by atoms with Gasteiger partial charge in [-0.2, -0.15) is 5.10 Å². The summed E-state index contributed by atoms with van der Waals surface area (Å²) in [5, 5.41) is 13.3. The van der Waals surface area contributed by atoms with E-state index in [9.17, 15) is 4.79 Å². The third-order valence-corrected chi connectivity index (χ3v) is 4.31. The minimum atomic E-state index is -0.0880. The molecule has 4 rings (SSSR count). The third-order valence-electron chi connectivity index (χ3n) is 4.31. The Kier molecular flexibility index (Phi) is 4.12. The highest BCUT2D eigenvalue weighted by atomic mass is 16.1. The molecule has 0 fully saturated rings. The molecule has 0 bridgehead atoms. The van der Waals surface area contributed by atoms with Crippen LogP contribution in [0.3, 0.4) is 0 Å². The number of anilines is 2. The van der Waals surface area contributed by atoms with Crippen molar-refractivity contribution in [2.75, 3.05) is 5.32 Å². The Morgan fingerprint density at radius 1 is 1.16 bits per heavy atom. The molecule has 126 valence electrons. The molecule has 1 amide bonds. The number of amides is 1. The summed E-state index contributed by atoms with van der Waals surface area (Å²) in [6.45, 7) is 0. The number of rotatable bonds is 4. The van der Waals surface area contributed by atoms with Crippen LogP contribution in [0.1, 0.15) is 40.5 Å². The highest BCUT2D eigenvalue weighted by Gasteiger charge is 2.23. The molecule has 0 aliphatic heterocycles. The molecule has 2 heterocycles. The van der Waals surface area contributed by atoms with Crippen LogP contribution in [0.5, 0.6) is 0 Å². The molecule has 0 saturated heterocycles. The number of benzene rings is 1. The Balaban J connectivity index is 1.43. The lowest BCUT2D eigenvalue weighted by Gasteiger charge is -2.23. The molecule has 7 nitrogen and oxygen atoms in total. The molecule has 7 heteroatoms. The van der Waals surface area contributed by atoms with Crippen molar-refractivity contribution >= 4 is 17.5 Å². The minimum Gasteiger partial charge on any atom is -0.344 e. The van der Waals surface area contributed by atoms with Gasteiger partial charge in [0.2, 0.25) is 5.95 Å². The topological polar surface area (TPSA) is 95.6 Å². The molecule has 2 aromatic heterocycles. The molecular weight excluding hydrogens is 316 g/mol. The van der Waals surface area contributed by atoms with Crippen LogP contribution in [0.25, 0.3) is 0 Å². The van der Waals surface area contributed by atoms with Gasteiger partial charge in [0.05, 0.1) is 17.9 Å². The minimum absolute atomic E-state index is 0.00531. The fourth-order valence-corrected chi connectivity index (χ4v) is 3.05. The zero-order valence-electron chi connectivity index (χ0n) is 13.6. The lowest BCUT2D eigenvalue weighted by molar-refractivity contribution is 0.0932. The highest BCUT2D eigenvalue weighted by Crippen LogP contribution is 2.27. The van der Waals surface area contributed by atoms with Crippen molar-refractivity contribution in [1.82, 2.24) is 25.5 Å². The number of aryl methyl sites for hydroxylation is 1. The van der Waals surface area contributed by atoms with Crippen molar-refractivity contribution in [3.05, 3.63) is 65.7 Å². The summed E-state index contributed by atoms with van der Waals surface area (Å²) in [4.78, 5) is 20.8. The van der Waals surface area contributed by atoms with E-state index < -0.39 is 0 Å². The van der Waals surface area contributed by atoms with Gasteiger partial charge in [-0.25, -0.2) is 9.97 Å². The summed E-state index contributed by atoms with van der Waals surface area (Å²) in [5.74, 6) is 0.434. The van der Waals surface area contributed by atoms with Gasteiger partial charge >= 0.3 is 0 Å². The van der Waals surface area contributed by atoms with Crippen LogP contribution >= 0.6 is 0 Å². The van der Waals surface area contributed by atoms with E-state index in [0.29, 0.717) is 11.5 Å². The van der Waals surface area contributed by atoms with Crippen molar-refractivity contribution < 1.29 is 4.79 Å². The Hall–Kier alpha value is -3.22. The zero-order chi connectivity index (χ0) is 17.1. The fraction of sp³-hybridized carbons (Fsp3) is 0.222. The average molecular weight is 334 g/mol. The van der Waals surface area contributed by atoms with Crippen LogP contribution in [-0.2, 0) is 6.42 Å². The lowest BCUT2D eigenvalue weighted by Crippen LogP contribution is -2.31. The second-order valence-corrected chi connectivity index (χ2v) is 6.00. The maximum Gasteiger partial charge on any atom is 0.251 e. The first kappa shape index (κ1) is 15.3. The smallest absolute Gasteiger partial charge is 0.251 e. The summed E-state index contributed by atoms with van der Waals surface area (Å²) in [6.07, 6.45) is 8.18. The number of aromatic nitrogens is 4. The Morgan fingerprint density at radius 3 is 2.76 bits per heavy atom. The van der Waals surface area contributed by atoms with Gasteiger partial charge in [0.25, 0.3) is 5.91 Å². The van der Waals surface area contributed by atoms with E-state index in [1.807, 2.05) is 18.3 Å². The molecule has 0 saturated carbocycles. The Morgan fingerprint density at radius 2 is 1.96 bits per heavy atom. The molecule has 1 aromatic carbocycles. The van der Waals surface area contributed by atoms with Gasteiger partial charge in [-0.05, 0) is 55.2 Å². The summed E-state index contributed by atoms with van der Waals surface area (Å²) >= 11 is 0. The molecule has 0 spiro atoms. The fourth-order valence-electron chi connectivity index (χ4n) is 3.05. The highest BCUT2D eigenvalue weighted by molar-refractivity contribution is 5.94. The molecule has 3 N–H and O–H groups in total. The van der Waals surface area contributed by atoms with Gasteiger partial charge in [0.15, 0.2) is 0 Å². The maximum absolute atomic E-state index is 12.5. The van der Waals surface area contributed by atoms with Crippen LogP contribution in [0.2, 0.25) is 0 Å². The summed E-state index contributed by atoms with van der Waals surface area (Å²) in [5.41, 5.74) is 3.67. The van der Waals surface area contributed by atoms with Crippen molar-refractivity contribution in [2.45, 2.75) is 25.3 Å². The van der Waals surface area contributed by atoms with E-state index >= 15 is 0 Å². The molecule has 1 aliphatic carbocycles. The number of H-pyrrole nitrogens is 1. The van der Waals surface area contributed by atoms with Crippen LogP contribution in [0.15, 0.2) is 48.9 Å². The van der Waals surface area contributed by atoms with E-state index in [4.69, 9.17) is 0 Å². The van der Waals surface area contributed by atoms with Gasteiger partial charge in [0, 0.05) is 23.6 Å². The predicted octanol–water partition coefficient (Wildman–Crippen LogP) is 2.75. The largest absolute Gasteiger partial charge is 0.344 e. The van der Waals surface area contributed by atoms with Crippen molar-refractivity contribution in [3.8, 4) is 0 Å². The van der Waals surface area contributed by atoms with Crippen molar-refractivity contribution in [2.24, 2.45) is 0 Å². The molecule has 1 aliphatic rings. The summed E-state index contributed by atoms with van der Waals surface area (Å²) < 4.78 is 0. The van der Waals surface area contributed by atoms with E-state index in [-0.39, 0.29) is 11.9 Å². The number of carbonyl (C=O) groups excluding carboxylic acids is 1. The first-order chi connectivity index (χ1) is 12.3. The normalized spacial score (nSPS) is 16.1. The number of hydrogen-bond donors (Lipinski definition) is 3. The average Bonchev–Trinajstić information content (AvgIpc) is 3.13. The van der Waals surface area contributed by atoms with E-state index in [1.54, 1.807) is 30.6 Å². The van der Waals surface area contributed by atoms with Crippen molar-refractivity contribution in [1.29, 1.82) is 0 Å². The zero-order valence-corrected chi connectivity index (χ0v) is 13.6. The molecule has 25 heavy (non-hydrogen) atoms. The van der Waals surface area contributed by atoms with Crippen LogP contribution in [0, 0.1) is 0 Å². The summed E-state index contributed by atoms with van der Waals surface area (Å²) in [7, 11) is 0. The predicted molar refractivity (Wildman–Crippen MR) is 93.5 cm³/mol. The lowest BCUT2D eigenvalue weighted by atomic mass is 9.93. The van der Waals surface area contributed by atoms with Gasteiger partial charge in [-0.3, -0.25) is 9.89 Å². The van der Waals surface area contributed by atoms with Crippen LogP contribution in [-0.4, -0.2) is 26.1 Å². The quantitative estimate of drug-likeness (QED) is 0.682. The van der Waals surface area contributed by atoms with Crippen LogP contribution in [0.4, 0.5) is 11.6 Å². The summed E-state index contributed by atoms with van der Waals surface area (Å²) in [6, 6.07) is 9.01. The van der Waals surface area contributed by atoms with E-state index in [1.165, 1.54) is 5.56 Å². The number of hydrogen-bond acceptors (Lipinski definition) is 5. The van der Waals surface area contributed by atoms with Gasteiger partial charge in [-0.1, -0.05) is 0 Å². The first-order valence-electron chi connectivity index (χ1n) is 8.27. The molecular formula is C18H18N6O. The van der Waals surface area contributed by atoms with Gasteiger partial charge in [-0.15, -0.1) is 0 Å². The maximum atomic E-state index is 12.5. The molecule has 1 unspecified atom stereocenters. The number of nitrogens with one attached hydrogen (secondary N) is 3. The number of aromatic amines is 1. The van der Waals surface area contributed by atoms with E-state index in [0.717, 1.165) is 30.6 Å². The van der Waals surface area contributed by atoms with Crippen LogP contribution < -0.4 is 10.6 Å².